The van der Waals surface area contributed by atoms with E-state index in [0.717, 1.165) is 23.9 Å². The minimum absolute atomic E-state index is 0.481. The van der Waals surface area contributed by atoms with Crippen LogP contribution >= 0.6 is 0 Å². The molecule has 1 N–H and O–H groups in total. The number of hydrogen-bond donors (Lipinski definition) is 1. The highest BCUT2D eigenvalue weighted by Gasteiger charge is 2.37. The van der Waals surface area contributed by atoms with E-state index < -0.39 is 0 Å². The number of nitrogens with zero attached hydrogens (tertiary/aromatic N) is 1. The highest BCUT2D eigenvalue weighted by molar-refractivity contribution is 4.92. The number of rotatable bonds is 4. The van der Waals surface area contributed by atoms with Gasteiger partial charge in [-0.05, 0) is 63.5 Å². The molecule has 0 heterocycles. The maximum atomic E-state index is 3.56. The van der Waals surface area contributed by atoms with Crippen LogP contribution in [0.25, 0.3) is 0 Å². The molecule has 0 spiro atoms. The van der Waals surface area contributed by atoms with Crippen LogP contribution in [0.3, 0.4) is 0 Å². The molecule has 0 aromatic rings. The molecule has 3 unspecified atom stereocenters. The van der Waals surface area contributed by atoms with Crippen LogP contribution in [0.15, 0.2) is 0 Å². The molecule has 2 saturated carbocycles. The van der Waals surface area contributed by atoms with Gasteiger partial charge in [-0.1, -0.05) is 20.8 Å². The maximum Gasteiger partial charge on any atom is 0.0105 e. The van der Waals surface area contributed by atoms with E-state index in [4.69, 9.17) is 0 Å². The summed E-state index contributed by atoms with van der Waals surface area (Å²) in [4.78, 5) is 2.61. The minimum Gasteiger partial charge on any atom is -0.317 e. The van der Waals surface area contributed by atoms with Crippen LogP contribution in [0.1, 0.15) is 52.9 Å². The van der Waals surface area contributed by atoms with Gasteiger partial charge in [-0.2, -0.15) is 0 Å². The first-order valence-electron chi connectivity index (χ1n) is 7.79. The molecular formula is C16H32N2. The van der Waals surface area contributed by atoms with Crippen molar-refractivity contribution in [3.63, 3.8) is 0 Å². The van der Waals surface area contributed by atoms with Gasteiger partial charge >= 0.3 is 0 Å². The van der Waals surface area contributed by atoms with Gasteiger partial charge in [0.1, 0.15) is 0 Å². The van der Waals surface area contributed by atoms with Crippen molar-refractivity contribution >= 4 is 0 Å². The average Bonchev–Trinajstić information content (AvgIpc) is 3.11. The van der Waals surface area contributed by atoms with Crippen LogP contribution in [0, 0.1) is 17.3 Å². The van der Waals surface area contributed by atoms with E-state index >= 15 is 0 Å². The summed E-state index contributed by atoms with van der Waals surface area (Å²) >= 11 is 0. The molecule has 3 atom stereocenters. The summed E-state index contributed by atoms with van der Waals surface area (Å²) < 4.78 is 0. The van der Waals surface area contributed by atoms with Gasteiger partial charge in [0.25, 0.3) is 0 Å². The lowest BCUT2D eigenvalue weighted by Crippen LogP contribution is -2.46. The monoisotopic (exact) mass is 252 g/mol. The van der Waals surface area contributed by atoms with E-state index in [0.29, 0.717) is 5.41 Å². The Morgan fingerprint density at radius 2 is 1.78 bits per heavy atom. The Labute approximate surface area is 114 Å². The first kappa shape index (κ1) is 14.3. The summed E-state index contributed by atoms with van der Waals surface area (Å²) in [5.74, 6) is 1.75. The number of nitrogens with one attached hydrogen (secondary N) is 1. The summed E-state index contributed by atoms with van der Waals surface area (Å²) in [5, 5.41) is 3.56. The van der Waals surface area contributed by atoms with E-state index in [2.05, 4.69) is 45.1 Å². The van der Waals surface area contributed by atoms with Gasteiger partial charge in [0, 0.05) is 18.6 Å². The molecule has 0 radical (unpaired) electrons. The van der Waals surface area contributed by atoms with Crippen molar-refractivity contribution in [1.82, 2.24) is 10.2 Å². The topological polar surface area (TPSA) is 15.3 Å². The fourth-order valence-electron chi connectivity index (χ4n) is 3.67. The predicted octanol–water partition coefficient (Wildman–Crippen LogP) is 3.13. The first-order valence-corrected chi connectivity index (χ1v) is 7.79. The Morgan fingerprint density at radius 3 is 2.28 bits per heavy atom. The zero-order valence-corrected chi connectivity index (χ0v) is 13.0. The van der Waals surface area contributed by atoms with Crippen LogP contribution in [-0.4, -0.2) is 37.6 Å². The molecule has 106 valence electrons. The summed E-state index contributed by atoms with van der Waals surface area (Å²) in [7, 11) is 4.47. The molecule has 2 nitrogen and oxygen atoms in total. The van der Waals surface area contributed by atoms with Crippen molar-refractivity contribution in [1.29, 1.82) is 0 Å². The normalized spacial score (nSPS) is 34.0. The predicted molar refractivity (Wildman–Crippen MR) is 78.8 cm³/mol. The zero-order chi connectivity index (χ0) is 13.3. The standard InChI is InChI=1S/C16H32N2/c1-16(2,3)13-6-9-15(17-4)12(10-13)11-18(5)14-7-8-14/h12-15,17H,6-11H2,1-5H3. The molecule has 2 rings (SSSR count). The Balaban J connectivity index is 1.94. The number of hydrogen-bond acceptors (Lipinski definition) is 2. The highest BCUT2D eigenvalue weighted by atomic mass is 15.2. The van der Waals surface area contributed by atoms with Crippen LogP contribution in [0.4, 0.5) is 0 Å². The molecule has 2 aliphatic carbocycles. The second-order valence-corrected chi connectivity index (χ2v) is 7.70. The smallest absolute Gasteiger partial charge is 0.0105 e. The van der Waals surface area contributed by atoms with Crippen LogP contribution in [-0.2, 0) is 0 Å². The van der Waals surface area contributed by atoms with E-state index in [9.17, 15) is 0 Å². The molecule has 2 heteroatoms. The summed E-state index contributed by atoms with van der Waals surface area (Å²) in [6, 6.07) is 1.64. The van der Waals surface area contributed by atoms with Gasteiger partial charge in [0.05, 0.1) is 0 Å². The molecule has 0 amide bonds. The maximum absolute atomic E-state index is 3.56. The van der Waals surface area contributed by atoms with E-state index in [1.165, 1.54) is 38.6 Å². The second kappa shape index (κ2) is 5.50. The van der Waals surface area contributed by atoms with Crippen molar-refractivity contribution in [2.45, 2.75) is 65.0 Å². The lowest BCUT2D eigenvalue weighted by Gasteiger charge is -2.43. The van der Waals surface area contributed by atoms with Gasteiger partial charge in [-0.3, -0.25) is 0 Å². The van der Waals surface area contributed by atoms with Gasteiger partial charge in [0.2, 0.25) is 0 Å². The lowest BCUT2D eigenvalue weighted by atomic mass is 9.67. The van der Waals surface area contributed by atoms with Gasteiger partial charge in [0.15, 0.2) is 0 Å². The Morgan fingerprint density at radius 1 is 1.11 bits per heavy atom. The Hall–Kier alpha value is -0.0800. The minimum atomic E-state index is 0.481. The van der Waals surface area contributed by atoms with E-state index in [1.54, 1.807) is 0 Å². The van der Waals surface area contributed by atoms with Gasteiger partial charge in [-0.15, -0.1) is 0 Å². The fourth-order valence-corrected chi connectivity index (χ4v) is 3.67. The molecule has 0 bridgehead atoms. The van der Waals surface area contributed by atoms with E-state index in [-0.39, 0.29) is 0 Å². The van der Waals surface area contributed by atoms with Crippen molar-refractivity contribution in [3.8, 4) is 0 Å². The fraction of sp³-hybridized carbons (Fsp3) is 1.00. The average molecular weight is 252 g/mol. The molecule has 0 aromatic heterocycles. The molecule has 0 aliphatic heterocycles. The van der Waals surface area contributed by atoms with Crippen molar-refractivity contribution in [2.24, 2.45) is 17.3 Å². The third kappa shape index (κ3) is 3.48. The van der Waals surface area contributed by atoms with Crippen molar-refractivity contribution < 1.29 is 0 Å². The Bertz CT molecular complexity index is 265. The molecule has 2 fully saturated rings. The summed E-state index contributed by atoms with van der Waals surface area (Å²) in [5.41, 5.74) is 0.481. The molecular weight excluding hydrogens is 220 g/mol. The zero-order valence-electron chi connectivity index (χ0n) is 13.0. The van der Waals surface area contributed by atoms with Crippen LogP contribution in [0.5, 0.6) is 0 Å². The van der Waals surface area contributed by atoms with Crippen molar-refractivity contribution in [3.05, 3.63) is 0 Å². The van der Waals surface area contributed by atoms with Gasteiger partial charge in [-0.25, -0.2) is 0 Å². The highest BCUT2D eigenvalue weighted by Crippen LogP contribution is 2.41. The van der Waals surface area contributed by atoms with Gasteiger partial charge < -0.3 is 10.2 Å². The second-order valence-electron chi connectivity index (χ2n) is 7.70. The third-order valence-electron chi connectivity index (χ3n) is 5.27. The molecule has 0 aromatic carbocycles. The molecule has 18 heavy (non-hydrogen) atoms. The molecule has 0 saturated heterocycles. The summed E-state index contributed by atoms with van der Waals surface area (Å²) in [6.07, 6.45) is 7.03. The lowest BCUT2D eigenvalue weighted by molar-refractivity contribution is 0.0945. The largest absolute Gasteiger partial charge is 0.317 e. The summed E-state index contributed by atoms with van der Waals surface area (Å²) in [6.45, 7) is 8.54. The first-order chi connectivity index (χ1) is 8.41. The Kier molecular flexibility index (Phi) is 4.38. The quantitative estimate of drug-likeness (QED) is 0.827. The van der Waals surface area contributed by atoms with Crippen molar-refractivity contribution in [2.75, 3.05) is 20.6 Å². The van der Waals surface area contributed by atoms with E-state index in [1.807, 2.05) is 0 Å². The van der Waals surface area contributed by atoms with Crippen LogP contribution < -0.4 is 5.32 Å². The van der Waals surface area contributed by atoms with Crippen LogP contribution in [0.2, 0.25) is 0 Å². The SMILES string of the molecule is CNC1CCC(C(C)(C)C)CC1CN(C)C1CC1. The third-order valence-corrected chi connectivity index (χ3v) is 5.27. The molecule has 2 aliphatic rings.